The molecule has 1 saturated heterocycles. The average Bonchev–Trinajstić information content (AvgIpc) is 3.95. The second-order valence-corrected chi connectivity index (χ2v) is 14.5. The Balaban J connectivity index is 1.73. The molecule has 0 radical (unpaired) electrons. The summed E-state index contributed by atoms with van der Waals surface area (Å²) in [5.41, 5.74) is 9.33. The summed E-state index contributed by atoms with van der Waals surface area (Å²) in [5, 5.41) is 5.77. The van der Waals surface area contributed by atoms with Crippen molar-refractivity contribution in [1.82, 2.24) is 20.3 Å². The summed E-state index contributed by atoms with van der Waals surface area (Å²) in [4.78, 5) is 39.3. The molecule has 3 aromatic rings. The van der Waals surface area contributed by atoms with Gasteiger partial charge in [0.15, 0.2) is 0 Å². The lowest BCUT2D eigenvalue weighted by Gasteiger charge is -2.13. The third-order valence-corrected chi connectivity index (χ3v) is 10.6. The number of hydrogen-bond acceptors (Lipinski definition) is 3. The van der Waals surface area contributed by atoms with Crippen molar-refractivity contribution in [1.29, 1.82) is 0 Å². The van der Waals surface area contributed by atoms with E-state index in [1.807, 2.05) is 0 Å². The Morgan fingerprint density at radius 1 is 0.380 bits per heavy atom. The van der Waals surface area contributed by atoms with Gasteiger partial charge in [0.1, 0.15) is 0 Å². The minimum atomic E-state index is -0.413. The number of carbonyl (C=O) groups excluding carboxylic acids is 2. The molecule has 6 nitrogen and oxygen atoms in total. The maximum absolute atomic E-state index is 14.0. The summed E-state index contributed by atoms with van der Waals surface area (Å²) >= 11 is 0. The maximum Gasteiger partial charge on any atom is 0.251 e. The van der Waals surface area contributed by atoms with E-state index in [4.69, 9.17) is 0 Å². The molecule has 0 aromatic carbocycles. The van der Waals surface area contributed by atoms with Crippen LogP contribution in [0.15, 0.2) is 47.8 Å². The molecular formula is C44H62N4O2. The molecule has 0 amide bonds. The van der Waals surface area contributed by atoms with Crippen molar-refractivity contribution in [3.05, 3.63) is 81.3 Å². The van der Waals surface area contributed by atoms with Crippen LogP contribution in [0.5, 0.6) is 0 Å². The van der Waals surface area contributed by atoms with Crippen LogP contribution < -0.4 is 16.0 Å². The van der Waals surface area contributed by atoms with Crippen LogP contribution in [0.1, 0.15) is 179 Å². The maximum atomic E-state index is 14.0. The first-order valence-electron chi connectivity index (χ1n) is 20.1. The molecule has 6 heteroatoms. The first kappa shape index (κ1) is 37.5. The summed E-state index contributed by atoms with van der Waals surface area (Å²) < 4.78 is 0. The molecule has 0 saturated carbocycles. The number of H-pyrrole nitrogens is 3. The van der Waals surface area contributed by atoms with Gasteiger partial charge < -0.3 is 20.3 Å². The quantitative estimate of drug-likeness (QED) is 0.0708. The molecule has 270 valence electrons. The molecule has 0 unspecified atom stereocenters. The predicted molar refractivity (Wildman–Crippen MR) is 209 cm³/mol. The molecule has 3 aromatic heterocycles. The molecule has 5 heterocycles. The number of hydrogen-bond donors (Lipinski definition) is 4. The number of aromatic amines is 3. The number of unbranched alkanes of at least 4 members (excludes halogenated alkanes) is 12. The number of ketones is 2. The molecular weight excluding hydrogens is 617 g/mol. The van der Waals surface area contributed by atoms with E-state index in [0.29, 0.717) is 11.4 Å². The molecule has 2 aliphatic heterocycles. The fourth-order valence-corrected chi connectivity index (χ4v) is 7.66. The van der Waals surface area contributed by atoms with Crippen LogP contribution in [0.4, 0.5) is 0 Å². The minimum absolute atomic E-state index is 0.413. The van der Waals surface area contributed by atoms with Crippen LogP contribution in [0.3, 0.4) is 0 Å². The number of rotatable bonds is 20. The van der Waals surface area contributed by atoms with E-state index in [9.17, 15) is 9.59 Å². The van der Waals surface area contributed by atoms with Gasteiger partial charge in [0.05, 0.1) is 11.4 Å². The first-order valence-corrected chi connectivity index (χ1v) is 20.1. The van der Waals surface area contributed by atoms with Crippen molar-refractivity contribution in [2.24, 2.45) is 0 Å². The van der Waals surface area contributed by atoms with Crippen molar-refractivity contribution in [3.63, 3.8) is 0 Å². The van der Waals surface area contributed by atoms with Gasteiger partial charge in [0.2, 0.25) is 0 Å². The second-order valence-electron chi connectivity index (χ2n) is 14.5. The van der Waals surface area contributed by atoms with E-state index in [-0.39, 0.29) is 0 Å². The van der Waals surface area contributed by atoms with Gasteiger partial charge in [-0.1, -0.05) is 105 Å². The van der Waals surface area contributed by atoms with Crippen molar-refractivity contribution < 1.29 is 9.59 Å². The van der Waals surface area contributed by atoms with E-state index >= 15 is 0 Å². The topological polar surface area (TPSA) is 93.5 Å². The van der Waals surface area contributed by atoms with Crippen LogP contribution in [-0.2, 0) is 9.59 Å². The highest BCUT2D eigenvalue weighted by molar-refractivity contribution is 6.53. The lowest BCUT2D eigenvalue weighted by Crippen LogP contribution is -2.17. The van der Waals surface area contributed by atoms with Gasteiger partial charge in [-0.05, 0) is 98.9 Å². The van der Waals surface area contributed by atoms with Gasteiger partial charge >= 0.3 is 0 Å². The van der Waals surface area contributed by atoms with E-state index in [0.717, 1.165) is 135 Å². The third-order valence-electron chi connectivity index (χ3n) is 10.6. The standard InChI is InChI=1S/C44H62N4O2/c1-5-9-13-17-21-31-35-25-26-36(45-35)32(22-18-14-10-6-2)38-28-30-40(47-38)34(24-20-16-12-8-4)42-44(50)43(49)41(48-42)33(23-19-15-11-7-3)39-29-27-37(31)46-39/h25-30,45-48H,5-24H2,1-4H3. The predicted octanol–water partition coefficient (Wildman–Crippen LogP) is 10.1. The smallest absolute Gasteiger partial charge is 0.251 e. The molecule has 0 spiro atoms. The number of Topliss-reactive ketones (excluding diaryl/α,β-unsaturated/α-hetero) is 2. The fourth-order valence-electron chi connectivity index (χ4n) is 7.66. The van der Waals surface area contributed by atoms with E-state index in [1.54, 1.807) is 0 Å². The zero-order valence-corrected chi connectivity index (χ0v) is 31.4. The summed E-state index contributed by atoms with van der Waals surface area (Å²) in [6, 6.07) is 13.1. The highest BCUT2D eigenvalue weighted by Crippen LogP contribution is 2.34. The summed E-state index contributed by atoms with van der Waals surface area (Å²) in [7, 11) is 0. The third kappa shape index (κ3) is 9.10. The van der Waals surface area contributed by atoms with Gasteiger partial charge in [-0.3, -0.25) is 9.59 Å². The lowest BCUT2D eigenvalue weighted by molar-refractivity contribution is -0.130. The molecule has 2 aliphatic rings. The lowest BCUT2D eigenvalue weighted by atomic mass is 9.99. The van der Waals surface area contributed by atoms with Crippen LogP contribution in [0.25, 0.3) is 22.3 Å². The Bertz CT molecular complexity index is 1650. The highest BCUT2D eigenvalue weighted by Gasteiger charge is 2.37. The minimum Gasteiger partial charge on any atom is -0.355 e. The number of aromatic nitrogens is 3. The Kier molecular flexibility index (Phi) is 14.2. The van der Waals surface area contributed by atoms with Crippen LogP contribution in [0, 0.1) is 0 Å². The van der Waals surface area contributed by atoms with E-state index < -0.39 is 11.6 Å². The zero-order valence-electron chi connectivity index (χ0n) is 31.4. The highest BCUT2D eigenvalue weighted by atomic mass is 16.2. The van der Waals surface area contributed by atoms with Crippen molar-refractivity contribution in [3.8, 4) is 0 Å². The van der Waals surface area contributed by atoms with Gasteiger partial charge in [0, 0.05) is 44.6 Å². The van der Waals surface area contributed by atoms with Crippen molar-refractivity contribution >= 4 is 33.9 Å². The van der Waals surface area contributed by atoms with Gasteiger partial charge in [0.25, 0.3) is 11.6 Å². The van der Waals surface area contributed by atoms with Crippen LogP contribution in [0.2, 0.25) is 0 Å². The van der Waals surface area contributed by atoms with Crippen molar-refractivity contribution in [2.75, 3.05) is 0 Å². The summed E-state index contributed by atoms with van der Waals surface area (Å²) in [6.07, 6.45) is 21.6. The molecule has 0 atom stereocenters. The molecule has 5 rings (SSSR count). The summed E-state index contributed by atoms with van der Waals surface area (Å²) in [5.74, 6) is -0.825. The van der Waals surface area contributed by atoms with Gasteiger partial charge in [-0.2, -0.15) is 0 Å². The van der Waals surface area contributed by atoms with Crippen LogP contribution >= 0.6 is 0 Å². The molecule has 50 heavy (non-hydrogen) atoms. The molecule has 8 bridgehead atoms. The van der Waals surface area contributed by atoms with Crippen molar-refractivity contribution in [2.45, 2.75) is 156 Å². The Morgan fingerprint density at radius 2 is 0.700 bits per heavy atom. The van der Waals surface area contributed by atoms with Crippen LogP contribution in [-0.4, -0.2) is 26.5 Å². The normalized spacial score (nSPS) is 14.8. The van der Waals surface area contributed by atoms with E-state index in [1.165, 1.54) is 49.7 Å². The fraction of sp³-hybridized carbons (Fsp3) is 0.545. The second kappa shape index (κ2) is 19.0. The number of carbonyl (C=O) groups is 2. The zero-order chi connectivity index (χ0) is 35.3. The average molecular weight is 679 g/mol. The molecule has 4 N–H and O–H groups in total. The van der Waals surface area contributed by atoms with Gasteiger partial charge in [-0.25, -0.2) is 0 Å². The monoisotopic (exact) mass is 678 g/mol. The largest absolute Gasteiger partial charge is 0.355 e. The number of nitrogens with one attached hydrogen (secondary N) is 4. The van der Waals surface area contributed by atoms with E-state index in [2.05, 4.69) is 84.4 Å². The number of allylic oxidation sites excluding steroid dienone is 4. The van der Waals surface area contributed by atoms with Gasteiger partial charge in [-0.15, -0.1) is 0 Å². The number of fused-ring (bicyclic) bond motifs is 8. The molecule has 0 aliphatic carbocycles. The SMILES string of the molecule is CCCCCCC1=C2NC(=C(CCCCCC)c3ccc([nH]3)C(CCCCCC)=c3ccc([nH]3)=C(CCCCCC)c3ccc1[nH]3)C(=O)C2=O. The Labute approximate surface area is 300 Å². The first-order chi connectivity index (χ1) is 24.5. The molecule has 1 fully saturated rings. The Morgan fingerprint density at radius 3 is 1.04 bits per heavy atom. The summed E-state index contributed by atoms with van der Waals surface area (Å²) in [6.45, 7) is 8.95. The Hall–Kier alpha value is -3.80.